The van der Waals surface area contributed by atoms with E-state index < -0.39 is 6.10 Å². The maximum atomic E-state index is 12.9. The summed E-state index contributed by atoms with van der Waals surface area (Å²) in [6, 6.07) is 0. The quantitative estimate of drug-likeness (QED) is 0.0343. The van der Waals surface area contributed by atoms with Crippen LogP contribution in [-0.2, 0) is 28.6 Å². The molecule has 0 aliphatic carbocycles. The second kappa shape index (κ2) is 72.9. The SMILES string of the molecule is CCCCCCCCCCCCCCCCCCCCCCCCCCCCCCCCCCCCCC(=O)OCC(COC(=O)CCCCCCCCC)OC(=O)CCCCCCCCCCCCCCCCCCCCCCCCC. The summed E-state index contributed by atoms with van der Waals surface area (Å²) in [5.41, 5.74) is 0. The predicted molar refractivity (Wildman–Crippen MR) is 363 cm³/mol. The Balaban J connectivity index is 3.89. The van der Waals surface area contributed by atoms with Crippen molar-refractivity contribution in [2.75, 3.05) is 13.2 Å². The van der Waals surface area contributed by atoms with Crippen molar-refractivity contribution in [3.63, 3.8) is 0 Å². The first-order valence-electron chi connectivity index (χ1n) is 38.5. The monoisotopic (exact) mass is 1170 g/mol. The van der Waals surface area contributed by atoms with Crippen molar-refractivity contribution in [1.82, 2.24) is 0 Å². The van der Waals surface area contributed by atoms with Crippen molar-refractivity contribution < 1.29 is 28.6 Å². The van der Waals surface area contributed by atoms with E-state index in [4.69, 9.17) is 14.2 Å². The topological polar surface area (TPSA) is 78.9 Å². The highest BCUT2D eigenvalue weighted by atomic mass is 16.6. The summed E-state index contributed by atoms with van der Waals surface area (Å²) < 4.78 is 16.9. The first kappa shape index (κ1) is 81.4. The lowest BCUT2D eigenvalue weighted by atomic mass is 10.0. The molecule has 494 valence electrons. The average molecular weight is 1170 g/mol. The number of esters is 3. The van der Waals surface area contributed by atoms with Crippen molar-refractivity contribution in [2.45, 2.75) is 463 Å². The van der Waals surface area contributed by atoms with Crippen molar-refractivity contribution in [1.29, 1.82) is 0 Å². The first-order valence-corrected chi connectivity index (χ1v) is 38.5. The number of carbonyl (C=O) groups excluding carboxylic acids is 3. The third kappa shape index (κ3) is 71.1. The Labute approximate surface area is 520 Å². The van der Waals surface area contributed by atoms with Gasteiger partial charge in [-0.25, -0.2) is 0 Å². The van der Waals surface area contributed by atoms with Crippen LogP contribution in [0.5, 0.6) is 0 Å². The fraction of sp³-hybridized carbons (Fsp3) is 0.961. The smallest absolute Gasteiger partial charge is 0.306 e. The molecule has 0 rings (SSSR count). The van der Waals surface area contributed by atoms with Gasteiger partial charge in [0, 0.05) is 19.3 Å². The van der Waals surface area contributed by atoms with Crippen LogP contribution in [0.1, 0.15) is 457 Å². The van der Waals surface area contributed by atoms with Crippen LogP contribution in [0, 0.1) is 0 Å². The molecule has 0 aliphatic heterocycles. The van der Waals surface area contributed by atoms with Crippen LogP contribution in [0.15, 0.2) is 0 Å². The van der Waals surface area contributed by atoms with Crippen LogP contribution >= 0.6 is 0 Å². The number of hydrogen-bond donors (Lipinski definition) is 0. The van der Waals surface area contributed by atoms with Gasteiger partial charge in [0.05, 0.1) is 0 Å². The van der Waals surface area contributed by atoms with Crippen LogP contribution in [0.4, 0.5) is 0 Å². The van der Waals surface area contributed by atoms with Gasteiger partial charge in [-0.15, -0.1) is 0 Å². The molecule has 0 amide bonds. The van der Waals surface area contributed by atoms with E-state index in [2.05, 4.69) is 20.8 Å². The summed E-state index contributed by atoms with van der Waals surface area (Å²) in [6.45, 7) is 6.70. The third-order valence-electron chi connectivity index (χ3n) is 18.1. The van der Waals surface area contributed by atoms with Crippen LogP contribution < -0.4 is 0 Å². The lowest BCUT2D eigenvalue weighted by molar-refractivity contribution is -0.167. The molecule has 0 aromatic rings. The molecular formula is C77H150O6. The van der Waals surface area contributed by atoms with E-state index in [9.17, 15) is 14.4 Å². The van der Waals surface area contributed by atoms with E-state index in [1.807, 2.05) is 0 Å². The molecule has 0 saturated carbocycles. The van der Waals surface area contributed by atoms with Crippen LogP contribution in [0.25, 0.3) is 0 Å². The Kier molecular flexibility index (Phi) is 71.5. The maximum Gasteiger partial charge on any atom is 0.306 e. The number of unbranched alkanes of at least 4 members (excludes halogenated alkanes) is 62. The maximum absolute atomic E-state index is 12.9. The van der Waals surface area contributed by atoms with Gasteiger partial charge in [0.15, 0.2) is 6.10 Å². The van der Waals surface area contributed by atoms with Gasteiger partial charge in [0.25, 0.3) is 0 Å². The minimum absolute atomic E-state index is 0.0611. The van der Waals surface area contributed by atoms with Crippen molar-refractivity contribution in [3.8, 4) is 0 Å². The van der Waals surface area contributed by atoms with Crippen LogP contribution in [-0.4, -0.2) is 37.2 Å². The summed E-state index contributed by atoms with van der Waals surface area (Å²) in [7, 11) is 0. The van der Waals surface area contributed by atoms with Gasteiger partial charge in [0.1, 0.15) is 13.2 Å². The molecule has 0 heterocycles. The molecule has 1 unspecified atom stereocenters. The van der Waals surface area contributed by atoms with Gasteiger partial charge >= 0.3 is 17.9 Å². The molecule has 6 nitrogen and oxygen atoms in total. The molecule has 0 radical (unpaired) electrons. The Morgan fingerprint density at radius 1 is 0.193 bits per heavy atom. The van der Waals surface area contributed by atoms with E-state index in [1.165, 1.54) is 360 Å². The molecule has 0 N–H and O–H groups in total. The fourth-order valence-corrected chi connectivity index (χ4v) is 12.3. The molecule has 0 aliphatic rings. The van der Waals surface area contributed by atoms with E-state index in [0.717, 1.165) is 57.8 Å². The third-order valence-corrected chi connectivity index (χ3v) is 18.1. The normalized spacial score (nSPS) is 11.9. The number of carbonyl (C=O) groups is 3. The zero-order chi connectivity index (χ0) is 59.9. The highest BCUT2D eigenvalue weighted by Crippen LogP contribution is 2.20. The van der Waals surface area contributed by atoms with E-state index in [1.54, 1.807) is 0 Å². The molecule has 0 bridgehead atoms. The van der Waals surface area contributed by atoms with Crippen molar-refractivity contribution >= 4 is 17.9 Å². The van der Waals surface area contributed by atoms with Crippen LogP contribution in [0.2, 0.25) is 0 Å². The van der Waals surface area contributed by atoms with Gasteiger partial charge in [-0.3, -0.25) is 14.4 Å². The summed E-state index contributed by atoms with van der Waals surface area (Å²) in [6.07, 6.45) is 87.8. The van der Waals surface area contributed by atoms with Gasteiger partial charge in [-0.1, -0.05) is 419 Å². The highest BCUT2D eigenvalue weighted by molar-refractivity contribution is 5.71. The molecule has 1 atom stereocenters. The molecule has 0 fully saturated rings. The lowest BCUT2D eigenvalue weighted by Gasteiger charge is -2.18. The van der Waals surface area contributed by atoms with E-state index in [0.29, 0.717) is 19.3 Å². The molecule has 83 heavy (non-hydrogen) atoms. The Morgan fingerprint density at radius 2 is 0.325 bits per heavy atom. The van der Waals surface area contributed by atoms with E-state index in [-0.39, 0.29) is 31.1 Å². The Hall–Kier alpha value is -1.59. The number of hydrogen-bond acceptors (Lipinski definition) is 6. The zero-order valence-electron chi connectivity index (χ0n) is 57.0. The predicted octanol–water partition coefficient (Wildman–Crippen LogP) is 26.6. The van der Waals surface area contributed by atoms with Crippen LogP contribution in [0.3, 0.4) is 0 Å². The van der Waals surface area contributed by atoms with Gasteiger partial charge in [-0.05, 0) is 19.3 Å². The molecule has 0 spiro atoms. The fourth-order valence-electron chi connectivity index (χ4n) is 12.3. The van der Waals surface area contributed by atoms with Gasteiger partial charge in [0.2, 0.25) is 0 Å². The molecule has 0 aromatic carbocycles. The first-order chi connectivity index (χ1) is 41.0. The molecule has 0 saturated heterocycles. The summed E-state index contributed by atoms with van der Waals surface area (Å²) in [4.78, 5) is 38.2. The zero-order valence-corrected chi connectivity index (χ0v) is 57.0. The van der Waals surface area contributed by atoms with Gasteiger partial charge in [-0.2, -0.15) is 0 Å². The minimum Gasteiger partial charge on any atom is -0.462 e. The Morgan fingerprint density at radius 3 is 0.482 bits per heavy atom. The molecular weight excluding hydrogens is 1020 g/mol. The summed E-state index contributed by atoms with van der Waals surface area (Å²) >= 11 is 0. The lowest BCUT2D eigenvalue weighted by Crippen LogP contribution is -2.30. The molecule has 6 heteroatoms. The number of ether oxygens (including phenoxy) is 3. The molecule has 0 aromatic heterocycles. The minimum atomic E-state index is -0.762. The van der Waals surface area contributed by atoms with Gasteiger partial charge < -0.3 is 14.2 Å². The van der Waals surface area contributed by atoms with E-state index >= 15 is 0 Å². The second-order valence-electron chi connectivity index (χ2n) is 26.6. The average Bonchev–Trinajstić information content (AvgIpc) is 3.49. The number of rotatable bonds is 73. The summed E-state index contributed by atoms with van der Waals surface area (Å²) in [5, 5.41) is 0. The highest BCUT2D eigenvalue weighted by Gasteiger charge is 2.20. The van der Waals surface area contributed by atoms with Crippen molar-refractivity contribution in [2.24, 2.45) is 0 Å². The second-order valence-corrected chi connectivity index (χ2v) is 26.6. The van der Waals surface area contributed by atoms with Crippen molar-refractivity contribution in [3.05, 3.63) is 0 Å². The summed E-state index contributed by atoms with van der Waals surface area (Å²) in [5.74, 6) is -0.830. The standard InChI is InChI=1S/C77H150O6/c1-4-7-10-13-16-18-20-22-24-26-28-30-32-33-34-35-36-37-38-39-40-41-42-43-45-46-48-50-52-54-56-58-61-64-67-70-76(79)82-73-74(72-81-75(78)69-66-63-60-15-12-9-6-3)83-77(80)71-68-65-62-59-57-55-53-51-49-47-44-31-29-27-25-23-21-19-17-14-11-8-5-2/h74H,4-73H2,1-3H3. The largest absolute Gasteiger partial charge is 0.462 e. The Bertz CT molecular complexity index is 1250.